The standard InChI is InChI=1S/C8H16N2O2S/c9-7-5-13(11,12)6-8(7)10-3-1-2-4-10/h7-8H,1-6,9H2/t7-,8+/m0/s1. The van der Waals surface area contributed by atoms with Crippen LogP contribution in [0.4, 0.5) is 0 Å². The number of hydrogen-bond acceptors (Lipinski definition) is 4. The van der Waals surface area contributed by atoms with Gasteiger partial charge in [0.25, 0.3) is 0 Å². The lowest BCUT2D eigenvalue weighted by atomic mass is 10.1. The van der Waals surface area contributed by atoms with E-state index in [0.717, 1.165) is 13.1 Å². The number of sulfone groups is 1. The fourth-order valence-electron chi connectivity index (χ4n) is 2.31. The van der Waals surface area contributed by atoms with Crippen LogP contribution in [0.5, 0.6) is 0 Å². The summed E-state index contributed by atoms with van der Waals surface area (Å²) < 4.78 is 22.6. The first-order chi connectivity index (χ1) is 6.08. The van der Waals surface area contributed by atoms with Crippen LogP contribution < -0.4 is 5.73 Å². The zero-order valence-corrected chi connectivity index (χ0v) is 8.46. The molecule has 76 valence electrons. The van der Waals surface area contributed by atoms with Gasteiger partial charge in [-0.05, 0) is 25.9 Å². The number of hydrogen-bond donors (Lipinski definition) is 1. The van der Waals surface area contributed by atoms with Crippen molar-refractivity contribution in [2.75, 3.05) is 24.6 Å². The van der Waals surface area contributed by atoms with E-state index in [0.29, 0.717) is 0 Å². The molecule has 4 nitrogen and oxygen atoms in total. The SMILES string of the molecule is N[C@H]1CS(=O)(=O)C[C@H]1N1CCCC1. The van der Waals surface area contributed by atoms with Crippen LogP contribution in [0.2, 0.25) is 0 Å². The molecule has 2 fully saturated rings. The lowest BCUT2D eigenvalue weighted by Gasteiger charge is -2.25. The van der Waals surface area contributed by atoms with Gasteiger partial charge in [0.05, 0.1) is 11.5 Å². The average molecular weight is 204 g/mol. The van der Waals surface area contributed by atoms with Crippen molar-refractivity contribution in [1.82, 2.24) is 4.90 Å². The summed E-state index contributed by atoms with van der Waals surface area (Å²) in [5.74, 6) is 0.447. The molecule has 0 radical (unpaired) electrons. The lowest BCUT2D eigenvalue weighted by molar-refractivity contribution is 0.245. The molecule has 2 N–H and O–H groups in total. The van der Waals surface area contributed by atoms with Crippen molar-refractivity contribution in [3.05, 3.63) is 0 Å². The third-order valence-corrected chi connectivity index (χ3v) is 4.72. The number of likely N-dealkylation sites (tertiary alicyclic amines) is 1. The Morgan fingerprint density at radius 3 is 2.23 bits per heavy atom. The van der Waals surface area contributed by atoms with Gasteiger partial charge in [-0.15, -0.1) is 0 Å². The van der Waals surface area contributed by atoms with Crippen molar-refractivity contribution in [3.8, 4) is 0 Å². The minimum absolute atomic E-state index is 0.0903. The van der Waals surface area contributed by atoms with E-state index in [9.17, 15) is 8.42 Å². The summed E-state index contributed by atoms with van der Waals surface area (Å²) in [5.41, 5.74) is 5.81. The molecule has 2 rings (SSSR count). The van der Waals surface area contributed by atoms with Crippen molar-refractivity contribution in [1.29, 1.82) is 0 Å². The second kappa shape index (κ2) is 3.22. The van der Waals surface area contributed by atoms with Gasteiger partial charge in [-0.3, -0.25) is 4.90 Å². The first-order valence-corrected chi connectivity index (χ1v) is 6.61. The molecule has 13 heavy (non-hydrogen) atoms. The van der Waals surface area contributed by atoms with Crippen LogP contribution in [-0.2, 0) is 9.84 Å². The molecule has 2 aliphatic rings. The van der Waals surface area contributed by atoms with Crippen molar-refractivity contribution >= 4 is 9.84 Å². The monoisotopic (exact) mass is 204 g/mol. The van der Waals surface area contributed by atoms with Gasteiger partial charge in [0.1, 0.15) is 0 Å². The molecule has 2 atom stereocenters. The zero-order valence-electron chi connectivity index (χ0n) is 7.65. The van der Waals surface area contributed by atoms with Gasteiger partial charge in [-0.25, -0.2) is 8.42 Å². The minimum atomic E-state index is -2.85. The molecule has 0 spiro atoms. The van der Waals surface area contributed by atoms with E-state index in [1.165, 1.54) is 12.8 Å². The smallest absolute Gasteiger partial charge is 0.153 e. The third-order valence-electron chi connectivity index (χ3n) is 2.97. The molecule has 5 heteroatoms. The predicted octanol–water partition coefficient (Wildman–Crippen LogP) is -0.793. The fourth-order valence-corrected chi connectivity index (χ4v) is 4.23. The lowest BCUT2D eigenvalue weighted by Crippen LogP contribution is -2.45. The Bertz CT molecular complexity index is 283. The van der Waals surface area contributed by atoms with Crippen molar-refractivity contribution < 1.29 is 8.42 Å². The van der Waals surface area contributed by atoms with Crippen molar-refractivity contribution in [2.24, 2.45) is 5.73 Å². The Morgan fingerprint density at radius 2 is 1.77 bits per heavy atom. The topological polar surface area (TPSA) is 63.4 Å². The second-order valence-corrected chi connectivity index (χ2v) is 6.20. The molecule has 0 saturated carbocycles. The highest BCUT2D eigenvalue weighted by molar-refractivity contribution is 7.91. The van der Waals surface area contributed by atoms with Gasteiger partial charge < -0.3 is 5.73 Å². The molecule has 0 aromatic rings. The van der Waals surface area contributed by atoms with Crippen LogP contribution in [0.3, 0.4) is 0 Å². The molecule has 0 bridgehead atoms. The maximum absolute atomic E-state index is 11.3. The summed E-state index contributed by atoms with van der Waals surface area (Å²) in [4.78, 5) is 2.23. The molecule has 0 aromatic heterocycles. The average Bonchev–Trinajstić information content (AvgIpc) is 2.56. The van der Waals surface area contributed by atoms with Gasteiger partial charge in [-0.1, -0.05) is 0 Å². The van der Waals surface area contributed by atoms with Crippen molar-refractivity contribution in [3.63, 3.8) is 0 Å². The molecular formula is C8H16N2O2S. The van der Waals surface area contributed by atoms with E-state index in [4.69, 9.17) is 5.73 Å². The quantitative estimate of drug-likeness (QED) is 0.608. The first kappa shape index (κ1) is 9.43. The molecule has 2 heterocycles. The Kier molecular flexibility index (Phi) is 2.33. The van der Waals surface area contributed by atoms with E-state index in [2.05, 4.69) is 4.90 Å². The summed E-state index contributed by atoms with van der Waals surface area (Å²) in [6, 6.07) is -0.0735. The molecule has 2 aliphatic heterocycles. The van der Waals surface area contributed by atoms with E-state index >= 15 is 0 Å². The van der Waals surface area contributed by atoms with E-state index in [1.807, 2.05) is 0 Å². The van der Waals surface area contributed by atoms with Gasteiger partial charge >= 0.3 is 0 Å². The second-order valence-electron chi connectivity index (χ2n) is 4.05. The van der Waals surface area contributed by atoms with Crippen LogP contribution in [0, 0.1) is 0 Å². The number of nitrogens with zero attached hydrogens (tertiary/aromatic N) is 1. The number of nitrogens with two attached hydrogens (primary N) is 1. The van der Waals surface area contributed by atoms with Crippen LogP contribution in [0.1, 0.15) is 12.8 Å². The van der Waals surface area contributed by atoms with E-state index < -0.39 is 9.84 Å². The zero-order chi connectivity index (χ0) is 9.47. The van der Waals surface area contributed by atoms with Crippen molar-refractivity contribution in [2.45, 2.75) is 24.9 Å². The molecule has 0 aromatic carbocycles. The molecular weight excluding hydrogens is 188 g/mol. The number of rotatable bonds is 1. The maximum Gasteiger partial charge on any atom is 0.153 e. The Labute approximate surface area is 79.0 Å². The molecule has 2 saturated heterocycles. The van der Waals surface area contributed by atoms with Gasteiger partial charge in [-0.2, -0.15) is 0 Å². The molecule has 0 amide bonds. The highest BCUT2D eigenvalue weighted by Crippen LogP contribution is 2.21. The van der Waals surface area contributed by atoms with Crippen LogP contribution >= 0.6 is 0 Å². The fraction of sp³-hybridized carbons (Fsp3) is 1.00. The van der Waals surface area contributed by atoms with Crippen LogP contribution in [0.25, 0.3) is 0 Å². The van der Waals surface area contributed by atoms with Crippen LogP contribution in [0.15, 0.2) is 0 Å². The molecule has 0 unspecified atom stereocenters. The maximum atomic E-state index is 11.3. The summed E-state index contributed by atoms with van der Waals surface area (Å²) >= 11 is 0. The van der Waals surface area contributed by atoms with E-state index in [-0.39, 0.29) is 23.6 Å². The van der Waals surface area contributed by atoms with Gasteiger partial charge in [0, 0.05) is 12.1 Å². The van der Waals surface area contributed by atoms with Gasteiger partial charge in [0.15, 0.2) is 9.84 Å². The van der Waals surface area contributed by atoms with Gasteiger partial charge in [0.2, 0.25) is 0 Å². The third kappa shape index (κ3) is 1.87. The first-order valence-electron chi connectivity index (χ1n) is 4.78. The summed E-state index contributed by atoms with van der Waals surface area (Å²) in [6.07, 6.45) is 2.37. The summed E-state index contributed by atoms with van der Waals surface area (Å²) in [5, 5.41) is 0. The summed E-state index contributed by atoms with van der Waals surface area (Å²) in [6.45, 7) is 2.04. The predicted molar refractivity (Wildman–Crippen MR) is 51.2 cm³/mol. The van der Waals surface area contributed by atoms with E-state index in [1.54, 1.807) is 0 Å². The highest BCUT2D eigenvalue weighted by atomic mass is 32.2. The Hall–Kier alpha value is -0.130. The normalized spacial score (nSPS) is 39.8. The highest BCUT2D eigenvalue weighted by Gasteiger charge is 2.39. The molecule has 0 aliphatic carbocycles. The Morgan fingerprint density at radius 1 is 1.15 bits per heavy atom. The van der Waals surface area contributed by atoms with Crippen LogP contribution in [-0.4, -0.2) is 50.0 Å². The largest absolute Gasteiger partial charge is 0.325 e. The minimum Gasteiger partial charge on any atom is -0.325 e. The summed E-state index contributed by atoms with van der Waals surface area (Å²) in [7, 11) is -2.85. The Balaban J connectivity index is 2.08.